The summed E-state index contributed by atoms with van der Waals surface area (Å²) in [6.45, 7) is 0. The van der Waals surface area contributed by atoms with Crippen molar-refractivity contribution < 1.29 is 17.6 Å². The molecule has 0 bridgehead atoms. The topological polar surface area (TPSA) is 0 Å². The maximum Gasteiger partial charge on any atom is 0.446 e. The molecular formula is C7H2Br2F4S. The minimum atomic E-state index is -4.42. The van der Waals surface area contributed by atoms with Crippen LogP contribution in [0.25, 0.3) is 0 Å². The fourth-order valence-corrected chi connectivity index (χ4v) is 2.39. The predicted molar refractivity (Wildman–Crippen MR) is 53.7 cm³/mol. The zero-order valence-electron chi connectivity index (χ0n) is 6.33. The van der Waals surface area contributed by atoms with Crippen LogP contribution in [0, 0.1) is 5.82 Å². The first-order valence-electron chi connectivity index (χ1n) is 3.20. The monoisotopic (exact) mass is 352 g/mol. The van der Waals surface area contributed by atoms with Crippen molar-refractivity contribution in [1.29, 1.82) is 0 Å². The normalized spacial score (nSPS) is 11.9. The zero-order chi connectivity index (χ0) is 10.9. The molecule has 0 aliphatic heterocycles. The summed E-state index contributed by atoms with van der Waals surface area (Å²) in [5.41, 5.74) is -4.42. The summed E-state index contributed by atoms with van der Waals surface area (Å²) in [6, 6.07) is 1.91. The lowest BCUT2D eigenvalue weighted by Gasteiger charge is -2.08. The van der Waals surface area contributed by atoms with E-state index in [1.165, 1.54) is 0 Å². The van der Waals surface area contributed by atoms with Gasteiger partial charge >= 0.3 is 5.51 Å². The van der Waals surface area contributed by atoms with E-state index in [4.69, 9.17) is 0 Å². The minimum Gasteiger partial charge on any atom is -0.207 e. The largest absolute Gasteiger partial charge is 0.446 e. The molecule has 14 heavy (non-hydrogen) atoms. The molecule has 0 atom stereocenters. The highest BCUT2D eigenvalue weighted by atomic mass is 79.9. The van der Waals surface area contributed by atoms with Gasteiger partial charge in [0.05, 0.1) is 0 Å². The van der Waals surface area contributed by atoms with Crippen LogP contribution in [0.15, 0.2) is 26.0 Å². The molecule has 7 heteroatoms. The highest BCUT2D eigenvalue weighted by Crippen LogP contribution is 2.42. The Morgan fingerprint density at radius 1 is 1.14 bits per heavy atom. The molecule has 1 rings (SSSR count). The third kappa shape index (κ3) is 3.43. The molecule has 0 saturated carbocycles. The van der Waals surface area contributed by atoms with Crippen LogP contribution in [0.2, 0.25) is 0 Å². The Morgan fingerprint density at radius 3 is 2.21 bits per heavy atom. The van der Waals surface area contributed by atoms with Gasteiger partial charge in [-0.05, 0) is 55.8 Å². The molecule has 0 aromatic heterocycles. The fourth-order valence-electron chi connectivity index (χ4n) is 0.731. The van der Waals surface area contributed by atoms with Crippen molar-refractivity contribution in [2.45, 2.75) is 10.4 Å². The number of halogens is 6. The van der Waals surface area contributed by atoms with Crippen molar-refractivity contribution in [2.75, 3.05) is 0 Å². The highest BCUT2D eigenvalue weighted by Gasteiger charge is 2.30. The lowest BCUT2D eigenvalue weighted by Crippen LogP contribution is -1.99. The Bertz CT molecular complexity index is 350. The molecule has 0 fully saturated rings. The number of alkyl halides is 3. The number of thioether (sulfide) groups is 1. The third-order valence-corrected chi connectivity index (χ3v) is 4.23. The van der Waals surface area contributed by atoms with E-state index in [1.807, 2.05) is 0 Å². The third-order valence-electron chi connectivity index (χ3n) is 1.19. The molecule has 0 nitrogen and oxygen atoms in total. The van der Waals surface area contributed by atoms with Crippen molar-refractivity contribution in [3.63, 3.8) is 0 Å². The zero-order valence-corrected chi connectivity index (χ0v) is 10.3. The van der Waals surface area contributed by atoms with Crippen LogP contribution in [0.1, 0.15) is 0 Å². The first-order chi connectivity index (χ1) is 6.29. The summed E-state index contributed by atoms with van der Waals surface area (Å²) in [5, 5.41) is 0. The first kappa shape index (κ1) is 12.3. The van der Waals surface area contributed by atoms with Gasteiger partial charge in [-0.1, -0.05) is 0 Å². The van der Waals surface area contributed by atoms with Crippen LogP contribution in [0.5, 0.6) is 0 Å². The van der Waals surface area contributed by atoms with E-state index in [9.17, 15) is 17.6 Å². The van der Waals surface area contributed by atoms with E-state index in [2.05, 4.69) is 31.9 Å². The minimum absolute atomic E-state index is 0.196. The molecule has 0 aliphatic carbocycles. The maximum atomic E-state index is 12.8. The average Bonchev–Trinajstić information content (AvgIpc) is 1.96. The van der Waals surface area contributed by atoms with Crippen LogP contribution >= 0.6 is 43.6 Å². The summed E-state index contributed by atoms with van der Waals surface area (Å²) in [4.78, 5) is -0.204. The quantitative estimate of drug-likeness (QED) is 0.390. The molecule has 0 aliphatic rings. The fraction of sp³-hybridized carbons (Fsp3) is 0.143. The van der Waals surface area contributed by atoms with Crippen LogP contribution in [-0.4, -0.2) is 5.51 Å². The Kier molecular flexibility index (Phi) is 3.87. The molecule has 78 valence electrons. The second-order valence-corrected chi connectivity index (χ2v) is 5.00. The molecule has 1 aromatic carbocycles. The number of hydrogen-bond donors (Lipinski definition) is 0. The average molecular weight is 354 g/mol. The van der Waals surface area contributed by atoms with Gasteiger partial charge in [0, 0.05) is 13.8 Å². The highest BCUT2D eigenvalue weighted by molar-refractivity contribution is 9.13. The Labute approximate surface area is 98.3 Å². The van der Waals surface area contributed by atoms with E-state index >= 15 is 0 Å². The summed E-state index contributed by atoms with van der Waals surface area (Å²) >= 11 is 5.51. The van der Waals surface area contributed by atoms with E-state index in [1.54, 1.807) is 0 Å². The van der Waals surface area contributed by atoms with Gasteiger partial charge in [-0.3, -0.25) is 0 Å². The van der Waals surface area contributed by atoms with Crippen molar-refractivity contribution in [1.82, 2.24) is 0 Å². The van der Waals surface area contributed by atoms with Gasteiger partial charge in [-0.25, -0.2) is 4.39 Å². The number of benzene rings is 1. The SMILES string of the molecule is Fc1cc(Br)c(Br)c(SC(F)(F)F)c1. The molecule has 0 spiro atoms. The summed E-state index contributed by atoms with van der Waals surface area (Å²) < 4.78 is 49.2. The van der Waals surface area contributed by atoms with Crippen molar-refractivity contribution in [3.8, 4) is 0 Å². The molecule has 0 heterocycles. The number of rotatable bonds is 1. The van der Waals surface area contributed by atoms with Crippen molar-refractivity contribution in [3.05, 3.63) is 26.9 Å². The Balaban J connectivity index is 3.09. The molecule has 0 N–H and O–H groups in total. The van der Waals surface area contributed by atoms with Gasteiger partial charge in [0.2, 0.25) is 0 Å². The van der Waals surface area contributed by atoms with Gasteiger partial charge < -0.3 is 0 Å². The summed E-state index contributed by atoms with van der Waals surface area (Å²) in [6.07, 6.45) is 0. The van der Waals surface area contributed by atoms with E-state index in [-0.39, 0.29) is 25.6 Å². The van der Waals surface area contributed by atoms with Crippen LogP contribution < -0.4 is 0 Å². The molecule has 1 aromatic rings. The number of hydrogen-bond acceptors (Lipinski definition) is 1. The van der Waals surface area contributed by atoms with Crippen LogP contribution in [0.4, 0.5) is 17.6 Å². The van der Waals surface area contributed by atoms with Crippen LogP contribution in [-0.2, 0) is 0 Å². The smallest absolute Gasteiger partial charge is 0.207 e. The molecule has 0 radical (unpaired) electrons. The van der Waals surface area contributed by atoms with E-state index < -0.39 is 11.3 Å². The molecular weight excluding hydrogens is 352 g/mol. The first-order valence-corrected chi connectivity index (χ1v) is 5.60. The van der Waals surface area contributed by atoms with E-state index in [0.717, 1.165) is 12.1 Å². The van der Waals surface area contributed by atoms with Crippen molar-refractivity contribution >= 4 is 43.6 Å². The van der Waals surface area contributed by atoms with Crippen LogP contribution in [0.3, 0.4) is 0 Å². The Hall–Kier alpha value is 0.250. The van der Waals surface area contributed by atoms with Gasteiger partial charge in [0.25, 0.3) is 0 Å². The standard InChI is InChI=1S/C7H2Br2F4S/c8-4-1-3(10)2-5(6(4)9)14-7(11,12)13/h1-2H. The molecule has 0 saturated heterocycles. The molecule has 0 unspecified atom stereocenters. The van der Waals surface area contributed by atoms with Gasteiger partial charge in [-0.15, -0.1) is 0 Å². The lowest BCUT2D eigenvalue weighted by atomic mass is 10.3. The predicted octanol–water partition coefficient (Wildman–Crippen LogP) is 4.96. The molecule has 0 amide bonds. The van der Waals surface area contributed by atoms with E-state index in [0.29, 0.717) is 0 Å². The van der Waals surface area contributed by atoms with Gasteiger partial charge in [0.1, 0.15) is 5.82 Å². The maximum absolute atomic E-state index is 12.8. The second-order valence-electron chi connectivity index (χ2n) is 2.25. The Morgan fingerprint density at radius 2 is 1.71 bits per heavy atom. The second kappa shape index (κ2) is 4.40. The summed E-state index contributed by atoms with van der Waals surface area (Å²) in [5.74, 6) is -0.716. The van der Waals surface area contributed by atoms with Crippen molar-refractivity contribution in [2.24, 2.45) is 0 Å². The lowest BCUT2D eigenvalue weighted by molar-refractivity contribution is -0.0328. The van der Waals surface area contributed by atoms with Gasteiger partial charge in [-0.2, -0.15) is 13.2 Å². The van der Waals surface area contributed by atoms with Gasteiger partial charge in [0.15, 0.2) is 0 Å². The summed E-state index contributed by atoms with van der Waals surface area (Å²) in [7, 11) is 0.